The van der Waals surface area contributed by atoms with Gasteiger partial charge in [0.1, 0.15) is 5.60 Å². The fourth-order valence-electron chi connectivity index (χ4n) is 3.46. The van der Waals surface area contributed by atoms with Crippen LogP contribution in [-0.2, 0) is 14.3 Å². The highest BCUT2D eigenvalue weighted by Crippen LogP contribution is 2.51. The van der Waals surface area contributed by atoms with Crippen LogP contribution in [0.2, 0.25) is 0 Å². The van der Waals surface area contributed by atoms with Crippen LogP contribution in [0.1, 0.15) is 53.9 Å². The normalized spacial score (nSPS) is 31.7. The number of carbonyl (C=O) groups excluding carboxylic acids is 2. The molecule has 2 atom stereocenters. The molecule has 0 spiro atoms. The zero-order valence-electron chi connectivity index (χ0n) is 13.8. The van der Waals surface area contributed by atoms with Crippen molar-refractivity contribution in [1.29, 1.82) is 0 Å². The van der Waals surface area contributed by atoms with Gasteiger partial charge in [-0.05, 0) is 53.9 Å². The van der Waals surface area contributed by atoms with Gasteiger partial charge in [0, 0.05) is 5.54 Å². The topological polar surface area (TPSA) is 55.8 Å². The van der Waals surface area contributed by atoms with Crippen molar-refractivity contribution in [3.63, 3.8) is 0 Å². The number of ether oxygens (including phenoxy) is 2. The van der Waals surface area contributed by atoms with Crippen LogP contribution >= 0.6 is 0 Å². The first kappa shape index (κ1) is 15.9. The minimum absolute atomic E-state index is 0.297. The van der Waals surface area contributed by atoms with E-state index in [0.717, 1.165) is 12.8 Å². The summed E-state index contributed by atoms with van der Waals surface area (Å²) in [6.45, 7) is 9.51. The Morgan fingerprint density at radius 1 is 1.24 bits per heavy atom. The van der Waals surface area contributed by atoms with Crippen LogP contribution in [0, 0.1) is 0 Å². The van der Waals surface area contributed by atoms with Crippen LogP contribution in [0.4, 0.5) is 4.79 Å². The third-order valence-electron chi connectivity index (χ3n) is 4.49. The highest BCUT2D eigenvalue weighted by Gasteiger charge is 2.58. The van der Waals surface area contributed by atoms with Crippen molar-refractivity contribution in [2.24, 2.45) is 0 Å². The Hall–Kier alpha value is -1.52. The predicted molar refractivity (Wildman–Crippen MR) is 78.8 cm³/mol. The maximum atomic E-state index is 12.7. The van der Waals surface area contributed by atoms with Gasteiger partial charge in [0.05, 0.1) is 18.2 Å². The first-order chi connectivity index (χ1) is 9.53. The van der Waals surface area contributed by atoms with Gasteiger partial charge in [0.2, 0.25) is 0 Å². The number of esters is 1. The molecule has 2 rings (SSSR count). The van der Waals surface area contributed by atoms with Crippen molar-refractivity contribution >= 4 is 12.1 Å². The number of methoxy groups -OCH3 is 1. The molecule has 0 aromatic carbocycles. The third-order valence-corrected chi connectivity index (χ3v) is 4.49. The summed E-state index contributed by atoms with van der Waals surface area (Å²) in [5, 5.41) is 0. The Labute approximate surface area is 126 Å². The lowest BCUT2D eigenvalue weighted by Gasteiger charge is -2.47. The minimum Gasteiger partial charge on any atom is -0.466 e. The standard InChI is InChI=1S/C16H25NO4/c1-14(2,3)21-13(19)17-15(4)8-7-11(12(18)20-6)16(17,5)10-9-15/h7H,8-10H2,1-6H3/t15-,16-/m1/s1. The fourth-order valence-corrected chi connectivity index (χ4v) is 3.46. The van der Waals surface area contributed by atoms with Gasteiger partial charge in [-0.1, -0.05) is 6.08 Å². The molecule has 2 heterocycles. The van der Waals surface area contributed by atoms with E-state index in [9.17, 15) is 9.59 Å². The van der Waals surface area contributed by atoms with Crippen molar-refractivity contribution in [1.82, 2.24) is 4.90 Å². The van der Waals surface area contributed by atoms with Crippen LogP contribution < -0.4 is 0 Å². The van der Waals surface area contributed by atoms with Gasteiger partial charge in [0.25, 0.3) is 0 Å². The molecule has 0 aromatic heterocycles. The molecule has 0 aromatic rings. The number of carbonyl (C=O) groups is 2. The lowest BCUT2D eigenvalue weighted by atomic mass is 9.85. The van der Waals surface area contributed by atoms with Crippen LogP contribution in [0.5, 0.6) is 0 Å². The molecule has 2 aliphatic rings. The van der Waals surface area contributed by atoms with Gasteiger partial charge >= 0.3 is 12.1 Å². The lowest BCUT2D eigenvalue weighted by Crippen LogP contribution is -2.59. The average Bonchev–Trinajstić information content (AvgIpc) is 2.52. The van der Waals surface area contributed by atoms with Gasteiger partial charge in [-0.2, -0.15) is 0 Å². The minimum atomic E-state index is -0.650. The third kappa shape index (κ3) is 2.54. The molecular weight excluding hydrogens is 270 g/mol. The Bertz CT molecular complexity index is 505. The van der Waals surface area contributed by atoms with Crippen molar-refractivity contribution < 1.29 is 19.1 Å². The quantitative estimate of drug-likeness (QED) is 0.698. The van der Waals surface area contributed by atoms with E-state index in [1.54, 1.807) is 4.90 Å². The number of nitrogens with zero attached hydrogens (tertiary/aromatic N) is 1. The van der Waals surface area contributed by atoms with Crippen molar-refractivity contribution in [2.45, 2.75) is 70.6 Å². The molecule has 0 radical (unpaired) electrons. The number of fused-ring (bicyclic) bond motifs is 2. The van der Waals surface area contributed by atoms with Gasteiger partial charge in [-0.25, -0.2) is 9.59 Å². The molecule has 1 fully saturated rings. The number of amides is 1. The average molecular weight is 295 g/mol. The first-order valence-corrected chi connectivity index (χ1v) is 7.36. The molecule has 0 unspecified atom stereocenters. The summed E-state index contributed by atoms with van der Waals surface area (Å²) in [6, 6.07) is 0. The molecule has 0 N–H and O–H groups in total. The van der Waals surface area contributed by atoms with Crippen LogP contribution in [0.3, 0.4) is 0 Å². The zero-order chi connectivity index (χ0) is 16.1. The number of hydrogen-bond acceptors (Lipinski definition) is 4. The molecule has 118 valence electrons. The van der Waals surface area contributed by atoms with Crippen LogP contribution in [0.25, 0.3) is 0 Å². The van der Waals surface area contributed by atoms with Gasteiger partial charge in [-0.3, -0.25) is 4.90 Å². The maximum Gasteiger partial charge on any atom is 0.411 e. The summed E-state index contributed by atoms with van der Waals surface area (Å²) in [5.74, 6) is -0.366. The van der Waals surface area contributed by atoms with E-state index in [1.807, 2.05) is 40.7 Å². The summed E-state index contributed by atoms with van der Waals surface area (Å²) in [5.41, 5.74) is -0.946. The van der Waals surface area contributed by atoms with E-state index < -0.39 is 11.1 Å². The Morgan fingerprint density at radius 2 is 1.86 bits per heavy atom. The Kier molecular flexibility index (Phi) is 3.59. The van der Waals surface area contributed by atoms with E-state index in [1.165, 1.54) is 7.11 Å². The summed E-state index contributed by atoms with van der Waals surface area (Å²) in [4.78, 5) is 26.5. The second kappa shape index (κ2) is 4.75. The first-order valence-electron chi connectivity index (χ1n) is 7.36. The molecule has 0 aliphatic carbocycles. The molecule has 2 aliphatic heterocycles. The van der Waals surface area contributed by atoms with E-state index in [2.05, 4.69) is 0 Å². The van der Waals surface area contributed by atoms with Crippen LogP contribution in [-0.4, -0.2) is 40.8 Å². The zero-order valence-corrected chi connectivity index (χ0v) is 13.8. The molecule has 21 heavy (non-hydrogen) atoms. The molecule has 1 saturated heterocycles. The van der Waals surface area contributed by atoms with E-state index in [4.69, 9.17) is 9.47 Å². The SMILES string of the molecule is COC(=O)C1=CC[C@]2(C)CC[C@@]1(C)N2C(=O)OC(C)(C)C. The van der Waals surface area contributed by atoms with E-state index in [-0.39, 0.29) is 17.6 Å². The van der Waals surface area contributed by atoms with Gasteiger partial charge < -0.3 is 9.47 Å². The summed E-state index contributed by atoms with van der Waals surface area (Å²) in [6.07, 6.45) is 3.79. The molecule has 5 heteroatoms. The highest BCUT2D eigenvalue weighted by atomic mass is 16.6. The van der Waals surface area contributed by atoms with Gasteiger partial charge in [-0.15, -0.1) is 0 Å². The molecular formula is C16H25NO4. The monoisotopic (exact) mass is 295 g/mol. The summed E-state index contributed by atoms with van der Waals surface area (Å²) >= 11 is 0. The Balaban J connectivity index is 2.39. The molecule has 2 bridgehead atoms. The largest absolute Gasteiger partial charge is 0.466 e. The van der Waals surface area contributed by atoms with E-state index in [0.29, 0.717) is 12.0 Å². The Morgan fingerprint density at radius 3 is 2.38 bits per heavy atom. The van der Waals surface area contributed by atoms with E-state index >= 15 is 0 Å². The predicted octanol–water partition coefficient (Wildman–Crippen LogP) is 3.04. The van der Waals surface area contributed by atoms with Crippen molar-refractivity contribution in [3.05, 3.63) is 11.6 Å². The smallest absolute Gasteiger partial charge is 0.411 e. The van der Waals surface area contributed by atoms with Crippen molar-refractivity contribution in [3.8, 4) is 0 Å². The number of rotatable bonds is 1. The lowest BCUT2D eigenvalue weighted by molar-refractivity contribution is -0.137. The second-order valence-electron chi connectivity index (χ2n) is 7.40. The summed E-state index contributed by atoms with van der Waals surface area (Å²) in [7, 11) is 1.37. The molecule has 5 nitrogen and oxygen atoms in total. The fraction of sp³-hybridized carbons (Fsp3) is 0.750. The number of hydrogen-bond donors (Lipinski definition) is 0. The molecule has 0 saturated carbocycles. The highest BCUT2D eigenvalue weighted by molar-refractivity contribution is 5.93. The van der Waals surface area contributed by atoms with Gasteiger partial charge in [0.15, 0.2) is 0 Å². The second-order valence-corrected chi connectivity index (χ2v) is 7.40. The van der Waals surface area contributed by atoms with Crippen LogP contribution in [0.15, 0.2) is 11.6 Å². The maximum absolute atomic E-state index is 12.7. The summed E-state index contributed by atoms with van der Waals surface area (Å²) < 4.78 is 10.4. The molecule has 1 amide bonds. The van der Waals surface area contributed by atoms with Crippen molar-refractivity contribution in [2.75, 3.05) is 7.11 Å².